The van der Waals surface area contributed by atoms with Crippen LogP contribution >= 0.6 is 0 Å². The number of amides is 1. The van der Waals surface area contributed by atoms with E-state index >= 15 is 0 Å². The monoisotopic (exact) mass is 262 g/mol. The highest BCUT2D eigenvalue weighted by Crippen LogP contribution is 2.27. The van der Waals surface area contributed by atoms with Gasteiger partial charge in [-0.3, -0.25) is 4.79 Å². The lowest BCUT2D eigenvalue weighted by molar-refractivity contribution is -0.153. The molecule has 0 saturated carbocycles. The van der Waals surface area contributed by atoms with Gasteiger partial charge in [-0.1, -0.05) is 12.1 Å². The van der Waals surface area contributed by atoms with E-state index in [1.807, 2.05) is 0 Å². The smallest absolute Gasteiger partial charge is 0.333 e. The lowest BCUT2D eigenvalue weighted by Gasteiger charge is -2.26. The van der Waals surface area contributed by atoms with E-state index in [0.29, 0.717) is 25.3 Å². The molecule has 0 radical (unpaired) electrons. The van der Waals surface area contributed by atoms with Gasteiger partial charge >= 0.3 is 5.97 Å². The molecule has 5 heteroatoms. The van der Waals surface area contributed by atoms with Gasteiger partial charge in [-0.25, -0.2) is 4.79 Å². The zero-order valence-electron chi connectivity index (χ0n) is 11.0. The number of nitrogens with two attached hydrogens (primary N) is 1. The molecule has 1 heterocycles. The van der Waals surface area contributed by atoms with Crippen LogP contribution in [-0.4, -0.2) is 29.9 Å². The number of likely N-dealkylation sites (tertiary alicyclic amines) is 1. The molecule has 1 aliphatic rings. The van der Waals surface area contributed by atoms with Gasteiger partial charge in [-0.15, -0.1) is 0 Å². The highest BCUT2D eigenvalue weighted by Gasteiger charge is 2.34. The van der Waals surface area contributed by atoms with Crippen molar-refractivity contribution < 1.29 is 14.3 Å². The fourth-order valence-corrected chi connectivity index (χ4v) is 2.28. The summed E-state index contributed by atoms with van der Waals surface area (Å²) < 4.78 is 5.09. The van der Waals surface area contributed by atoms with Crippen LogP contribution in [0.25, 0.3) is 0 Å². The summed E-state index contributed by atoms with van der Waals surface area (Å²) in [5.74, 6) is -0.391. The predicted molar refractivity (Wildman–Crippen MR) is 71.2 cm³/mol. The van der Waals surface area contributed by atoms with Crippen molar-refractivity contribution in [3.63, 3.8) is 0 Å². The first kappa shape index (κ1) is 13.4. The molecular formula is C14H18N2O3. The first-order valence-electron chi connectivity index (χ1n) is 6.45. The average Bonchev–Trinajstić information content (AvgIpc) is 2.79. The van der Waals surface area contributed by atoms with Crippen molar-refractivity contribution in [3.05, 3.63) is 29.8 Å². The Bertz CT molecular complexity index is 470. The molecule has 1 aliphatic heterocycles. The van der Waals surface area contributed by atoms with E-state index in [-0.39, 0.29) is 11.9 Å². The maximum atomic E-state index is 12.1. The molecule has 0 aliphatic carbocycles. The summed E-state index contributed by atoms with van der Waals surface area (Å²) in [7, 11) is 0. The molecular weight excluding hydrogens is 244 g/mol. The lowest BCUT2D eigenvalue weighted by Crippen LogP contribution is -2.36. The van der Waals surface area contributed by atoms with Gasteiger partial charge < -0.3 is 15.4 Å². The number of nitrogens with zero attached hydrogens (tertiary/aromatic N) is 1. The van der Waals surface area contributed by atoms with Gasteiger partial charge in [0.05, 0.1) is 6.61 Å². The Morgan fingerprint density at radius 3 is 2.63 bits per heavy atom. The maximum Gasteiger partial charge on any atom is 0.333 e. The second-order valence-corrected chi connectivity index (χ2v) is 4.51. The van der Waals surface area contributed by atoms with E-state index < -0.39 is 6.04 Å². The SMILES string of the molecule is CCOC(=O)[C@@H](c1ccc(N)cc1)N1CCCC1=O. The number of ether oxygens (including phenoxy) is 1. The Morgan fingerprint density at radius 1 is 1.42 bits per heavy atom. The fraction of sp³-hybridized carbons (Fsp3) is 0.429. The molecule has 0 unspecified atom stereocenters. The van der Waals surface area contributed by atoms with E-state index in [0.717, 1.165) is 12.0 Å². The molecule has 0 spiro atoms. The molecule has 1 saturated heterocycles. The highest BCUT2D eigenvalue weighted by atomic mass is 16.5. The van der Waals surface area contributed by atoms with Crippen LogP contribution in [0, 0.1) is 0 Å². The largest absolute Gasteiger partial charge is 0.464 e. The number of anilines is 1. The molecule has 1 fully saturated rings. The second kappa shape index (κ2) is 5.73. The van der Waals surface area contributed by atoms with Gasteiger partial charge in [-0.2, -0.15) is 0 Å². The first-order chi connectivity index (χ1) is 9.13. The van der Waals surface area contributed by atoms with Crippen molar-refractivity contribution in [2.24, 2.45) is 0 Å². The number of carbonyl (C=O) groups excluding carboxylic acids is 2. The number of nitrogen functional groups attached to an aromatic ring is 1. The normalized spacial score (nSPS) is 16.5. The quantitative estimate of drug-likeness (QED) is 0.659. The van der Waals surface area contributed by atoms with Crippen molar-refractivity contribution in [3.8, 4) is 0 Å². The van der Waals surface area contributed by atoms with Crippen LogP contribution in [0.1, 0.15) is 31.4 Å². The van der Waals surface area contributed by atoms with E-state index in [2.05, 4.69) is 0 Å². The average molecular weight is 262 g/mol. The van der Waals surface area contributed by atoms with Crippen molar-refractivity contribution >= 4 is 17.6 Å². The van der Waals surface area contributed by atoms with Crippen molar-refractivity contribution in [1.29, 1.82) is 0 Å². The number of carbonyl (C=O) groups is 2. The number of hydrogen-bond donors (Lipinski definition) is 1. The van der Waals surface area contributed by atoms with E-state index in [9.17, 15) is 9.59 Å². The van der Waals surface area contributed by atoms with Crippen LogP contribution < -0.4 is 5.73 Å². The minimum Gasteiger partial charge on any atom is -0.464 e. The van der Waals surface area contributed by atoms with Gasteiger partial charge in [0.2, 0.25) is 5.91 Å². The van der Waals surface area contributed by atoms with Crippen LogP contribution in [0.3, 0.4) is 0 Å². The molecule has 0 aromatic heterocycles. The molecule has 19 heavy (non-hydrogen) atoms. The zero-order valence-corrected chi connectivity index (χ0v) is 11.0. The molecule has 2 N–H and O–H groups in total. The van der Waals surface area contributed by atoms with Crippen LogP contribution in [-0.2, 0) is 14.3 Å². The number of esters is 1. The third kappa shape index (κ3) is 2.86. The topological polar surface area (TPSA) is 72.6 Å². The highest BCUT2D eigenvalue weighted by molar-refractivity contribution is 5.86. The Labute approximate surface area is 112 Å². The summed E-state index contributed by atoms with van der Waals surface area (Å²) in [6.07, 6.45) is 1.27. The van der Waals surface area contributed by atoms with Crippen LogP contribution in [0.2, 0.25) is 0 Å². The molecule has 1 aromatic rings. The van der Waals surface area contributed by atoms with Crippen molar-refractivity contribution in [2.75, 3.05) is 18.9 Å². The number of rotatable bonds is 4. The van der Waals surface area contributed by atoms with Gasteiger partial charge in [-0.05, 0) is 31.0 Å². The maximum absolute atomic E-state index is 12.1. The lowest BCUT2D eigenvalue weighted by atomic mass is 10.1. The van der Waals surface area contributed by atoms with Crippen molar-refractivity contribution in [2.45, 2.75) is 25.8 Å². The minimum atomic E-state index is -0.657. The minimum absolute atomic E-state index is 0.00474. The van der Waals surface area contributed by atoms with Gasteiger partial charge in [0.25, 0.3) is 0 Å². The molecule has 5 nitrogen and oxygen atoms in total. The van der Waals surface area contributed by atoms with Crippen molar-refractivity contribution in [1.82, 2.24) is 4.90 Å². The number of benzene rings is 1. The summed E-state index contributed by atoms with van der Waals surface area (Å²) in [5.41, 5.74) is 7.01. The Morgan fingerprint density at radius 2 is 2.11 bits per heavy atom. The molecule has 1 atom stereocenters. The molecule has 2 rings (SSSR count). The van der Waals surface area contributed by atoms with E-state index in [1.165, 1.54) is 0 Å². The summed E-state index contributed by atoms with van der Waals surface area (Å²) in [4.78, 5) is 25.6. The van der Waals surface area contributed by atoms with Gasteiger partial charge in [0.1, 0.15) is 0 Å². The molecule has 0 bridgehead atoms. The summed E-state index contributed by atoms with van der Waals surface area (Å²) in [5, 5.41) is 0. The van der Waals surface area contributed by atoms with Crippen LogP contribution in [0.4, 0.5) is 5.69 Å². The summed E-state index contributed by atoms with van der Waals surface area (Å²) in [6.45, 7) is 2.64. The third-order valence-corrected chi connectivity index (χ3v) is 3.18. The Kier molecular flexibility index (Phi) is 4.04. The van der Waals surface area contributed by atoms with Gasteiger partial charge in [0, 0.05) is 18.7 Å². The Hall–Kier alpha value is -2.04. The third-order valence-electron chi connectivity index (χ3n) is 3.18. The summed E-state index contributed by atoms with van der Waals surface area (Å²) in [6, 6.07) is 6.32. The summed E-state index contributed by atoms with van der Waals surface area (Å²) >= 11 is 0. The molecule has 102 valence electrons. The zero-order chi connectivity index (χ0) is 13.8. The second-order valence-electron chi connectivity index (χ2n) is 4.51. The first-order valence-corrected chi connectivity index (χ1v) is 6.45. The Balaban J connectivity index is 2.30. The predicted octanol–water partition coefficient (Wildman–Crippen LogP) is 1.50. The standard InChI is InChI=1S/C14H18N2O3/c1-2-19-14(18)13(16-9-3-4-12(16)17)10-5-7-11(15)8-6-10/h5-8,13H,2-4,9,15H2,1H3/t13-/m1/s1. The van der Waals surface area contributed by atoms with Crippen LogP contribution in [0.5, 0.6) is 0 Å². The molecule has 1 amide bonds. The van der Waals surface area contributed by atoms with Crippen LogP contribution in [0.15, 0.2) is 24.3 Å². The fourth-order valence-electron chi connectivity index (χ4n) is 2.28. The molecule has 1 aromatic carbocycles. The van der Waals surface area contributed by atoms with Gasteiger partial charge in [0.15, 0.2) is 6.04 Å². The number of hydrogen-bond acceptors (Lipinski definition) is 4. The van der Waals surface area contributed by atoms with E-state index in [1.54, 1.807) is 36.1 Å². The van der Waals surface area contributed by atoms with E-state index in [4.69, 9.17) is 10.5 Å².